The van der Waals surface area contributed by atoms with Crippen LogP contribution in [0.4, 0.5) is 0 Å². The Morgan fingerprint density at radius 3 is 2.42 bits per heavy atom. The molecule has 0 aromatic heterocycles. The maximum absolute atomic E-state index is 14.0. The van der Waals surface area contributed by atoms with Gasteiger partial charge in [0.2, 0.25) is 0 Å². The summed E-state index contributed by atoms with van der Waals surface area (Å²) in [4.78, 5) is 15.9. The van der Waals surface area contributed by atoms with Crippen molar-refractivity contribution < 1.29 is 19.0 Å². The van der Waals surface area contributed by atoms with Gasteiger partial charge >= 0.3 is 0 Å². The summed E-state index contributed by atoms with van der Waals surface area (Å²) in [7, 11) is 3.27. The maximum Gasteiger partial charge on any atom is 0.254 e. The van der Waals surface area contributed by atoms with Crippen molar-refractivity contribution in [1.82, 2.24) is 10.2 Å². The molecule has 1 heterocycles. The normalized spacial score (nSPS) is 16.8. The molecule has 2 atom stereocenters. The molecule has 0 bridgehead atoms. The molecule has 7 heteroatoms. The van der Waals surface area contributed by atoms with Crippen LogP contribution in [0.25, 0.3) is 0 Å². The van der Waals surface area contributed by atoms with E-state index in [1.165, 1.54) is 5.56 Å². The van der Waals surface area contributed by atoms with Crippen molar-refractivity contribution in [1.29, 1.82) is 0 Å². The lowest BCUT2D eigenvalue weighted by Gasteiger charge is -2.29. The Morgan fingerprint density at radius 2 is 1.68 bits per heavy atom. The van der Waals surface area contributed by atoms with Crippen LogP contribution >= 0.6 is 11.6 Å². The SMILES string of the molecule is COCCCOc1cc(C(=O)N(Cc2ccc(Cl)cc2)C[C@H]2CNC[C@@H]2Cc2ccccc2)ccc1OC. The van der Waals surface area contributed by atoms with Gasteiger partial charge in [0, 0.05) is 43.8 Å². The summed E-state index contributed by atoms with van der Waals surface area (Å²) in [6, 6.07) is 23.7. The Bertz CT molecular complexity index is 1160. The predicted octanol–water partition coefficient (Wildman–Crippen LogP) is 5.48. The molecule has 0 unspecified atom stereocenters. The smallest absolute Gasteiger partial charge is 0.254 e. The van der Waals surface area contributed by atoms with Gasteiger partial charge in [0.15, 0.2) is 11.5 Å². The molecular weight excluding hydrogens is 500 g/mol. The van der Waals surface area contributed by atoms with Gasteiger partial charge in [-0.25, -0.2) is 0 Å². The van der Waals surface area contributed by atoms with Crippen LogP contribution in [0.3, 0.4) is 0 Å². The number of nitrogens with one attached hydrogen (secondary N) is 1. The van der Waals surface area contributed by atoms with Crippen LogP contribution in [0.5, 0.6) is 11.5 Å². The van der Waals surface area contributed by atoms with E-state index in [1.807, 2.05) is 41.3 Å². The second kappa shape index (κ2) is 14.2. The number of benzene rings is 3. The molecule has 6 nitrogen and oxygen atoms in total. The Kier molecular flexibility index (Phi) is 10.4. The fourth-order valence-electron chi connectivity index (χ4n) is 4.96. The van der Waals surface area contributed by atoms with Crippen LogP contribution in [0.2, 0.25) is 5.02 Å². The molecule has 38 heavy (non-hydrogen) atoms. The van der Waals surface area contributed by atoms with Gasteiger partial charge in [-0.15, -0.1) is 0 Å². The van der Waals surface area contributed by atoms with Crippen molar-refractivity contribution in [2.45, 2.75) is 19.4 Å². The van der Waals surface area contributed by atoms with Crippen LogP contribution in [-0.4, -0.2) is 57.9 Å². The second-order valence-electron chi connectivity index (χ2n) is 9.74. The molecule has 0 saturated carbocycles. The number of carbonyl (C=O) groups is 1. The Labute approximate surface area is 230 Å². The standard InChI is InChI=1S/C31H37ClN2O4/c1-36-15-6-16-38-30-18-25(11-14-29(30)37-2)31(35)34(21-24-9-12-28(32)13-10-24)22-27-20-33-19-26(27)17-23-7-4-3-5-8-23/h3-5,7-14,18,26-27,33H,6,15-17,19-22H2,1-2H3/t26-,27+/m0/s1. The van der Waals surface area contributed by atoms with E-state index in [2.05, 4.69) is 29.6 Å². The van der Waals surface area contributed by atoms with E-state index in [0.29, 0.717) is 60.2 Å². The Balaban J connectivity index is 1.55. The minimum atomic E-state index is -0.0327. The lowest BCUT2D eigenvalue weighted by molar-refractivity contribution is 0.0704. The average Bonchev–Trinajstić information content (AvgIpc) is 3.38. The molecule has 1 aliphatic rings. The fourth-order valence-corrected chi connectivity index (χ4v) is 5.09. The van der Waals surface area contributed by atoms with E-state index in [4.69, 9.17) is 25.8 Å². The molecule has 0 aliphatic carbocycles. The summed E-state index contributed by atoms with van der Waals surface area (Å²) in [5, 5.41) is 4.23. The summed E-state index contributed by atoms with van der Waals surface area (Å²) in [6.07, 6.45) is 1.74. The lowest BCUT2D eigenvalue weighted by atomic mass is 9.89. The molecule has 1 N–H and O–H groups in total. The average molecular weight is 537 g/mol. The number of hydrogen-bond acceptors (Lipinski definition) is 5. The second-order valence-corrected chi connectivity index (χ2v) is 10.2. The van der Waals surface area contributed by atoms with Crippen molar-refractivity contribution in [3.63, 3.8) is 0 Å². The zero-order valence-electron chi connectivity index (χ0n) is 22.2. The van der Waals surface area contributed by atoms with Crippen LogP contribution in [0.1, 0.15) is 27.9 Å². The van der Waals surface area contributed by atoms with Crippen molar-refractivity contribution in [3.8, 4) is 11.5 Å². The highest BCUT2D eigenvalue weighted by Gasteiger charge is 2.31. The van der Waals surface area contributed by atoms with E-state index in [1.54, 1.807) is 26.4 Å². The molecule has 202 valence electrons. The minimum Gasteiger partial charge on any atom is -0.493 e. The van der Waals surface area contributed by atoms with Crippen LogP contribution in [-0.2, 0) is 17.7 Å². The molecule has 3 aromatic rings. The Hall–Kier alpha value is -3.06. The number of hydrogen-bond donors (Lipinski definition) is 1. The number of rotatable bonds is 13. The van der Waals surface area contributed by atoms with Gasteiger partial charge in [-0.05, 0) is 72.8 Å². The van der Waals surface area contributed by atoms with E-state index in [9.17, 15) is 4.79 Å². The van der Waals surface area contributed by atoms with Crippen molar-refractivity contribution in [2.24, 2.45) is 11.8 Å². The van der Waals surface area contributed by atoms with Gasteiger partial charge in [0.25, 0.3) is 5.91 Å². The predicted molar refractivity (Wildman–Crippen MR) is 151 cm³/mol. The molecule has 0 radical (unpaired) electrons. The molecule has 0 spiro atoms. The molecule has 4 rings (SSSR count). The first-order valence-electron chi connectivity index (χ1n) is 13.2. The third-order valence-corrected chi connectivity index (χ3v) is 7.26. The van der Waals surface area contributed by atoms with E-state index in [-0.39, 0.29) is 5.91 Å². The number of methoxy groups -OCH3 is 2. The first-order chi connectivity index (χ1) is 18.6. The quantitative estimate of drug-likeness (QED) is 0.293. The maximum atomic E-state index is 14.0. The lowest BCUT2D eigenvalue weighted by Crippen LogP contribution is -2.37. The minimum absolute atomic E-state index is 0.0327. The topological polar surface area (TPSA) is 60.0 Å². The third kappa shape index (κ3) is 7.73. The fraction of sp³-hybridized carbons (Fsp3) is 0.387. The van der Waals surface area contributed by atoms with Crippen molar-refractivity contribution in [2.75, 3.05) is 47.1 Å². The molecule has 3 aromatic carbocycles. The van der Waals surface area contributed by atoms with Gasteiger partial charge < -0.3 is 24.4 Å². The molecular formula is C31H37ClN2O4. The number of halogens is 1. The van der Waals surface area contributed by atoms with E-state index >= 15 is 0 Å². The molecule has 1 fully saturated rings. The number of ether oxygens (including phenoxy) is 3. The van der Waals surface area contributed by atoms with Gasteiger partial charge in [-0.1, -0.05) is 54.1 Å². The first-order valence-corrected chi connectivity index (χ1v) is 13.5. The van der Waals surface area contributed by atoms with Gasteiger partial charge in [-0.3, -0.25) is 4.79 Å². The highest BCUT2D eigenvalue weighted by molar-refractivity contribution is 6.30. The summed E-state index contributed by atoms with van der Waals surface area (Å²) >= 11 is 6.13. The largest absolute Gasteiger partial charge is 0.493 e. The van der Waals surface area contributed by atoms with Crippen LogP contribution in [0, 0.1) is 11.8 Å². The summed E-state index contributed by atoms with van der Waals surface area (Å²) < 4.78 is 16.5. The zero-order chi connectivity index (χ0) is 26.7. The zero-order valence-corrected chi connectivity index (χ0v) is 23.0. The van der Waals surface area contributed by atoms with Gasteiger partial charge in [0.05, 0.1) is 13.7 Å². The number of carbonyl (C=O) groups excluding carboxylic acids is 1. The molecule has 1 aliphatic heterocycles. The highest BCUT2D eigenvalue weighted by atomic mass is 35.5. The molecule has 1 saturated heterocycles. The number of nitrogens with zero attached hydrogens (tertiary/aromatic N) is 1. The van der Waals surface area contributed by atoms with Crippen LogP contribution < -0.4 is 14.8 Å². The monoisotopic (exact) mass is 536 g/mol. The summed E-state index contributed by atoms with van der Waals surface area (Å²) in [6.45, 7) is 4.08. The third-order valence-electron chi connectivity index (χ3n) is 7.01. The summed E-state index contributed by atoms with van der Waals surface area (Å²) in [5.41, 5.74) is 2.94. The van der Waals surface area contributed by atoms with E-state index in [0.717, 1.165) is 31.5 Å². The van der Waals surface area contributed by atoms with Crippen molar-refractivity contribution >= 4 is 17.5 Å². The summed E-state index contributed by atoms with van der Waals surface area (Å²) in [5.74, 6) is 1.93. The van der Waals surface area contributed by atoms with Gasteiger partial charge in [-0.2, -0.15) is 0 Å². The highest BCUT2D eigenvalue weighted by Crippen LogP contribution is 2.30. The van der Waals surface area contributed by atoms with E-state index < -0.39 is 0 Å². The first kappa shape index (κ1) is 28.0. The Morgan fingerprint density at radius 1 is 0.921 bits per heavy atom. The molecule has 1 amide bonds. The van der Waals surface area contributed by atoms with Crippen molar-refractivity contribution in [3.05, 3.63) is 94.5 Å². The van der Waals surface area contributed by atoms with Gasteiger partial charge in [0.1, 0.15) is 0 Å². The van der Waals surface area contributed by atoms with Crippen LogP contribution in [0.15, 0.2) is 72.8 Å². The number of amides is 1.